The Morgan fingerprint density at radius 3 is 2.76 bits per heavy atom. The van der Waals surface area contributed by atoms with Crippen molar-refractivity contribution in [1.82, 2.24) is 10.3 Å². The van der Waals surface area contributed by atoms with E-state index in [0.717, 1.165) is 31.7 Å². The van der Waals surface area contributed by atoms with E-state index < -0.39 is 0 Å². The van der Waals surface area contributed by atoms with Crippen molar-refractivity contribution in [1.29, 1.82) is 0 Å². The van der Waals surface area contributed by atoms with E-state index in [-0.39, 0.29) is 5.54 Å². The van der Waals surface area contributed by atoms with Gasteiger partial charge in [0, 0.05) is 23.8 Å². The highest BCUT2D eigenvalue weighted by Crippen LogP contribution is 2.17. The van der Waals surface area contributed by atoms with Crippen LogP contribution in [0.3, 0.4) is 0 Å². The molecule has 0 radical (unpaired) electrons. The predicted molar refractivity (Wildman–Crippen MR) is 71.2 cm³/mol. The molecule has 0 fully saturated rings. The maximum absolute atomic E-state index is 5.74. The number of hydrogen-bond acceptors (Lipinski definition) is 3. The summed E-state index contributed by atoms with van der Waals surface area (Å²) in [5.74, 6) is 0.901. The molecule has 0 amide bonds. The van der Waals surface area contributed by atoms with E-state index in [1.165, 1.54) is 5.56 Å². The summed E-state index contributed by atoms with van der Waals surface area (Å²) >= 11 is 0. The highest BCUT2D eigenvalue weighted by Gasteiger charge is 2.10. The lowest BCUT2D eigenvalue weighted by Gasteiger charge is -2.21. The number of rotatable bonds is 6. The Kier molecular flexibility index (Phi) is 5.42. The molecule has 0 aromatic carbocycles. The zero-order valence-corrected chi connectivity index (χ0v) is 11.4. The van der Waals surface area contributed by atoms with Gasteiger partial charge in [-0.2, -0.15) is 0 Å². The molecule has 0 atom stereocenters. The van der Waals surface area contributed by atoms with Gasteiger partial charge in [-0.1, -0.05) is 13.3 Å². The summed E-state index contributed by atoms with van der Waals surface area (Å²) < 4.78 is 5.74. The van der Waals surface area contributed by atoms with Gasteiger partial charge < -0.3 is 10.1 Å². The molecule has 0 spiro atoms. The summed E-state index contributed by atoms with van der Waals surface area (Å²) in [5.41, 5.74) is 1.29. The van der Waals surface area contributed by atoms with Gasteiger partial charge in [0.2, 0.25) is 0 Å². The van der Waals surface area contributed by atoms with Crippen LogP contribution in [0.4, 0.5) is 0 Å². The molecule has 0 unspecified atom stereocenters. The lowest BCUT2D eigenvalue weighted by molar-refractivity contribution is 0.302. The minimum absolute atomic E-state index is 0.115. The first-order valence-electron chi connectivity index (χ1n) is 6.33. The third-order valence-corrected chi connectivity index (χ3v) is 2.43. The molecule has 1 rings (SSSR count). The number of hydrogen-bond donors (Lipinski definition) is 1. The summed E-state index contributed by atoms with van der Waals surface area (Å²) in [4.78, 5) is 4.12. The number of unbranched alkanes of at least 4 members (excludes halogenated alkanes) is 1. The molecular weight excluding hydrogens is 212 g/mol. The fraction of sp³-hybridized carbons (Fsp3) is 0.643. The largest absolute Gasteiger partial charge is 0.492 e. The number of nitrogens with zero attached hydrogens (tertiary/aromatic N) is 1. The fourth-order valence-electron chi connectivity index (χ4n) is 1.37. The van der Waals surface area contributed by atoms with Gasteiger partial charge in [0.05, 0.1) is 12.8 Å². The summed E-state index contributed by atoms with van der Waals surface area (Å²) in [7, 11) is 0. The maximum atomic E-state index is 5.74. The van der Waals surface area contributed by atoms with Crippen molar-refractivity contribution in [2.24, 2.45) is 0 Å². The fourth-order valence-corrected chi connectivity index (χ4v) is 1.37. The molecule has 0 aliphatic rings. The van der Waals surface area contributed by atoms with Gasteiger partial charge in [-0.15, -0.1) is 0 Å². The standard InChI is InChI=1S/C14H24N2O/c1-5-6-9-17-13-11-15-8-7-12(13)10-16-14(2,3)4/h7-8,11,16H,5-6,9-10H2,1-4H3. The highest BCUT2D eigenvalue weighted by atomic mass is 16.5. The van der Waals surface area contributed by atoms with Crippen LogP contribution in [-0.4, -0.2) is 17.1 Å². The molecule has 0 bridgehead atoms. The normalized spacial score (nSPS) is 11.5. The van der Waals surface area contributed by atoms with Crippen LogP contribution in [0.15, 0.2) is 18.5 Å². The second-order valence-corrected chi connectivity index (χ2v) is 5.29. The Balaban J connectivity index is 2.58. The Morgan fingerprint density at radius 1 is 1.35 bits per heavy atom. The maximum Gasteiger partial charge on any atom is 0.142 e. The van der Waals surface area contributed by atoms with Crippen LogP contribution in [0.25, 0.3) is 0 Å². The van der Waals surface area contributed by atoms with Gasteiger partial charge >= 0.3 is 0 Å². The average molecular weight is 236 g/mol. The van der Waals surface area contributed by atoms with Crippen molar-refractivity contribution in [3.05, 3.63) is 24.0 Å². The third-order valence-electron chi connectivity index (χ3n) is 2.43. The van der Waals surface area contributed by atoms with Gasteiger partial charge in [0.15, 0.2) is 0 Å². The third kappa shape index (κ3) is 5.68. The van der Waals surface area contributed by atoms with Crippen molar-refractivity contribution in [3.8, 4) is 5.75 Å². The first kappa shape index (κ1) is 14.0. The predicted octanol–water partition coefficient (Wildman–Crippen LogP) is 3.15. The zero-order valence-electron chi connectivity index (χ0n) is 11.4. The van der Waals surface area contributed by atoms with E-state index in [2.05, 4.69) is 38.0 Å². The lowest BCUT2D eigenvalue weighted by atomic mass is 10.1. The van der Waals surface area contributed by atoms with Crippen molar-refractivity contribution < 1.29 is 4.74 Å². The number of pyridine rings is 1. The molecule has 1 heterocycles. The molecule has 1 aromatic rings. The summed E-state index contributed by atoms with van der Waals surface area (Å²) in [6.45, 7) is 10.2. The first-order valence-corrected chi connectivity index (χ1v) is 6.33. The second kappa shape index (κ2) is 6.60. The van der Waals surface area contributed by atoms with Gasteiger partial charge in [-0.05, 0) is 33.3 Å². The van der Waals surface area contributed by atoms with E-state index in [9.17, 15) is 0 Å². The first-order chi connectivity index (χ1) is 8.03. The molecule has 3 heteroatoms. The van der Waals surface area contributed by atoms with Gasteiger partial charge in [-0.3, -0.25) is 4.98 Å². The number of aromatic nitrogens is 1. The average Bonchev–Trinajstić information content (AvgIpc) is 2.27. The molecule has 0 aliphatic carbocycles. The van der Waals surface area contributed by atoms with Crippen molar-refractivity contribution in [2.75, 3.05) is 6.61 Å². The Bertz CT molecular complexity index is 331. The molecule has 3 nitrogen and oxygen atoms in total. The van der Waals surface area contributed by atoms with Crippen molar-refractivity contribution >= 4 is 0 Å². The Labute approximate surface area is 105 Å². The minimum atomic E-state index is 0.115. The van der Waals surface area contributed by atoms with Crippen LogP contribution in [-0.2, 0) is 6.54 Å². The van der Waals surface area contributed by atoms with E-state index >= 15 is 0 Å². The molecule has 1 aromatic heterocycles. The lowest BCUT2D eigenvalue weighted by Crippen LogP contribution is -2.35. The SMILES string of the molecule is CCCCOc1cnccc1CNC(C)(C)C. The molecule has 0 saturated carbocycles. The molecule has 0 aliphatic heterocycles. The second-order valence-electron chi connectivity index (χ2n) is 5.29. The van der Waals surface area contributed by atoms with Crippen LogP contribution >= 0.6 is 0 Å². The van der Waals surface area contributed by atoms with Crippen LogP contribution in [0.5, 0.6) is 5.75 Å². The smallest absolute Gasteiger partial charge is 0.142 e. The molecule has 1 N–H and O–H groups in total. The number of nitrogens with one attached hydrogen (secondary N) is 1. The topological polar surface area (TPSA) is 34.1 Å². The summed E-state index contributed by atoms with van der Waals surface area (Å²) in [5, 5.41) is 3.46. The van der Waals surface area contributed by atoms with Crippen LogP contribution in [0, 0.1) is 0 Å². The summed E-state index contributed by atoms with van der Waals surface area (Å²) in [6, 6.07) is 2.01. The van der Waals surface area contributed by atoms with Crippen molar-refractivity contribution in [3.63, 3.8) is 0 Å². The van der Waals surface area contributed by atoms with E-state index in [0.29, 0.717) is 0 Å². The number of ether oxygens (including phenoxy) is 1. The van der Waals surface area contributed by atoms with Gasteiger partial charge in [-0.25, -0.2) is 0 Å². The minimum Gasteiger partial charge on any atom is -0.492 e. The molecule has 96 valence electrons. The molecule has 0 saturated heterocycles. The quantitative estimate of drug-likeness (QED) is 0.770. The Hall–Kier alpha value is -1.09. The van der Waals surface area contributed by atoms with Gasteiger partial charge in [0.1, 0.15) is 5.75 Å². The molecule has 17 heavy (non-hydrogen) atoms. The van der Waals surface area contributed by atoms with E-state index in [4.69, 9.17) is 4.74 Å². The van der Waals surface area contributed by atoms with Gasteiger partial charge in [0.25, 0.3) is 0 Å². The molecular formula is C14H24N2O. The van der Waals surface area contributed by atoms with Crippen molar-refractivity contribution in [2.45, 2.75) is 52.6 Å². The van der Waals surface area contributed by atoms with E-state index in [1.807, 2.05) is 12.3 Å². The van der Waals surface area contributed by atoms with Crippen LogP contribution in [0.2, 0.25) is 0 Å². The Morgan fingerprint density at radius 2 is 2.12 bits per heavy atom. The highest BCUT2D eigenvalue weighted by molar-refractivity contribution is 5.29. The van der Waals surface area contributed by atoms with Crippen LogP contribution in [0.1, 0.15) is 46.1 Å². The monoisotopic (exact) mass is 236 g/mol. The zero-order chi connectivity index (χ0) is 12.7. The van der Waals surface area contributed by atoms with E-state index in [1.54, 1.807) is 6.20 Å². The summed E-state index contributed by atoms with van der Waals surface area (Å²) in [6.07, 6.45) is 5.85. The van der Waals surface area contributed by atoms with Crippen LogP contribution < -0.4 is 10.1 Å².